The molecule has 1 aliphatic carbocycles. The van der Waals surface area contributed by atoms with Gasteiger partial charge in [0.25, 0.3) is 0 Å². The van der Waals surface area contributed by atoms with Gasteiger partial charge in [0.05, 0.1) is 28.4 Å². The van der Waals surface area contributed by atoms with Gasteiger partial charge in [0, 0.05) is 40.7 Å². The molecule has 172 valence electrons. The van der Waals surface area contributed by atoms with Gasteiger partial charge < -0.3 is 28.4 Å². The average Bonchev–Trinajstić information content (AvgIpc) is 3.08. The fraction of sp³-hybridized carbons (Fsp3) is 0.538. The van der Waals surface area contributed by atoms with Crippen molar-refractivity contribution in [2.75, 3.05) is 28.4 Å². The highest BCUT2D eigenvalue weighted by Gasteiger charge is 2.58. The zero-order valence-electron chi connectivity index (χ0n) is 20.1. The van der Waals surface area contributed by atoms with Gasteiger partial charge in [-0.15, -0.1) is 0 Å². The first-order valence-electron chi connectivity index (χ1n) is 11.1. The molecule has 6 nitrogen and oxygen atoms in total. The summed E-state index contributed by atoms with van der Waals surface area (Å²) in [7, 11) is 6.68. The van der Waals surface area contributed by atoms with E-state index in [1.54, 1.807) is 28.4 Å². The highest BCUT2D eigenvalue weighted by molar-refractivity contribution is 5.68. The van der Waals surface area contributed by atoms with Crippen molar-refractivity contribution in [1.29, 1.82) is 0 Å². The van der Waals surface area contributed by atoms with Crippen LogP contribution in [0.15, 0.2) is 18.2 Å². The van der Waals surface area contributed by atoms with Crippen LogP contribution in [0.25, 0.3) is 0 Å². The molecule has 2 heterocycles. The third-order valence-electron chi connectivity index (χ3n) is 7.31. The zero-order valence-corrected chi connectivity index (χ0v) is 20.1. The van der Waals surface area contributed by atoms with E-state index < -0.39 is 5.60 Å². The molecule has 0 spiro atoms. The first-order chi connectivity index (χ1) is 15.2. The lowest BCUT2D eigenvalue weighted by molar-refractivity contribution is -0.0125. The minimum absolute atomic E-state index is 0.0508. The summed E-state index contributed by atoms with van der Waals surface area (Å²) >= 11 is 0. The highest BCUT2D eigenvalue weighted by atomic mass is 16.5. The number of hydrogen-bond acceptors (Lipinski definition) is 6. The molecule has 3 atom stereocenters. The molecule has 5 rings (SSSR count). The number of ether oxygens (including phenoxy) is 6. The summed E-state index contributed by atoms with van der Waals surface area (Å²) in [5.74, 6) is 5.01. The maximum Gasteiger partial charge on any atom is 0.165 e. The Morgan fingerprint density at radius 2 is 1.38 bits per heavy atom. The Kier molecular flexibility index (Phi) is 4.53. The lowest BCUT2D eigenvalue weighted by atomic mass is 9.68. The molecule has 0 radical (unpaired) electrons. The smallest absolute Gasteiger partial charge is 0.165 e. The quantitative estimate of drug-likeness (QED) is 0.643. The van der Waals surface area contributed by atoms with Crippen molar-refractivity contribution in [3.8, 4) is 34.5 Å². The monoisotopic (exact) mass is 440 g/mol. The maximum atomic E-state index is 6.65. The van der Waals surface area contributed by atoms with Crippen LogP contribution >= 0.6 is 0 Å². The van der Waals surface area contributed by atoms with Crippen molar-refractivity contribution in [3.05, 3.63) is 34.9 Å². The molecule has 2 aromatic carbocycles. The Morgan fingerprint density at radius 1 is 0.750 bits per heavy atom. The van der Waals surface area contributed by atoms with Crippen LogP contribution in [0.1, 0.15) is 62.6 Å². The number of rotatable bonds is 4. The van der Waals surface area contributed by atoms with E-state index >= 15 is 0 Å². The van der Waals surface area contributed by atoms with Crippen molar-refractivity contribution in [2.45, 2.75) is 57.2 Å². The molecule has 2 aliphatic heterocycles. The van der Waals surface area contributed by atoms with Gasteiger partial charge in [-0.2, -0.15) is 0 Å². The third-order valence-corrected chi connectivity index (χ3v) is 7.31. The molecular weight excluding hydrogens is 408 g/mol. The number of fused-ring (bicyclic) bond motifs is 5. The van der Waals surface area contributed by atoms with E-state index in [0.717, 1.165) is 34.8 Å². The SMILES string of the molecule is COc1cc2c(cc1OC)[C@H]1c3c(OC)c(OC)cc4c3[C@H](CC(C)(C)O4)[C@H]1C(C)(C)O2. The maximum absolute atomic E-state index is 6.65. The van der Waals surface area contributed by atoms with Crippen LogP contribution < -0.4 is 28.4 Å². The molecule has 0 bridgehead atoms. The lowest BCUT2D eigenvalue weighted by Crippen LogP contribution is -2.47. The standard InChI is InChI=1S/C26H32O6/c1-25(2)12-14-20-18(31-25)11-19(29-7)24(30-8)22(20)21-13-9-16(27-5)17(28-6)10-15(13)32-26(3,4)23(14)21/h9-11,14,21,23H,12H2,1-8H3/t14-,21-,23+/m0/s1. The van der Waals surface area contributed by atoms with E-state index in [1.165, 1.54) is 5.56 Å². The molecule has 0 fully saturated rings. The number of benzene rings is 2. The summed E-state index contributed by atoms with van der Waals surface area (Å²) < 4.78 is 36.1. The predicted octanol–water partition coefficient (Wildman–Crippen LogP) is 5.30. The van der Waals surface area contributed by atoms with Crippen molar-refractivity contribution in [3.63, 3.8) is 0 Å². The van der Waals surface area contributed by atoms with Crippen molar-refractivity contribution in [1.82, 2.24) is 0 Å². The van der Waals surface area contributed by atoms with Crippen LogP contribution in [-0.2, 0) is 0 Å². The Hall–Kier alpha value is -2.76. The van der Waals surface area contributed by atoms with Crippen molar-refractivity contribution >= 4 is 0 Å². The summed E-state index contributed by atoms with van der Waals surface area (Å²) in [6.07, 6.45) is 0.902. The van der Waals surface area contributed by atoms with Crippen molar-refractivity contribution in [2.24, 2.45) is 5.92 Å². The molecule has 6 heteroatoms. The van der Waals surface area contributed by atoms with Crippen LogP contribution in [0.3, 0.4) is 0 Å². The van der Waals surface area contributed by atoms with Crippen LogP contribution in [0.4, 0.5) is 0 Å². The minimum atomic E-state index is -0.413. The Morgan fingerprint density at radius 3 is 2.00 bits per heavy atom. The van der Waals surface area contributed by atoms with E-state index in [9.17, 15) is 0 Å². The second-order valence-electron chi connectivity index (χ2n) is 10.1. The molecule has 0 amide bonds. The highest BCUT2D eigenvalue weighted by Crippen LogP contribution is 2.67. The topological polar surface area (TPSA) is 55.4 Å². The molecule has 0 saturated carbocycles. The molecule has 0 saturated heterocycles. The second kappa shape index (κ2) is 6.87. The van der Waals surface area contributed by atoms with E-state index in [2.05, 4.69) is 33.8 Å². The lowest BCUT2D eigenvalue weighted by Gasteiger charge is -2.46. The van der Waals surface area contributed by atoms with Gasteiger partial charge in [-0.05, 0) is 46.1 Å². The summed E-state index contributed by atoms with van der Waals surface area (Å²) in [6, 6.07) is 5.97. The van der Waals surface area contributed by atoms with Gasteiger partial charge in [-0.3, -0.25) is 0 Å². The average molecular weight is 441 g/mol. The van der Waals surface area contributed by atoms with Crippen LogP contribution in [-0.4, -0.2) is 39.6 Å². The molecule has 0 N–H and O–H groups in total. The predicted molar refractivity (Wildman–Crippen MR) is 121 cm³/mol. The summed E-state index contributed by atoms with van der Waals surface area (Å²) in [5, 5.41) is 0. The van der Waals surface area contributed by atoms with E-state index in [-0.39, 0.29) is 23.4 Å². The summed E-state index contributed by atoms with van der Waals surface area (Å²) in [6.45, 7) is 8.67. The summed E-state index contributed by atoms with van der Waals surface area (Å²) in [5.41, 5.74) is 2.72. The third kappa shape index (κ3) is 2.77. The molecular formula is C26H32O6. The first kappa shape index (κ1) is 21.1. The van der Waals surface area contributed by atoms with Crippen LogP contribution in [0.2, 0.25) is 0 Å². The van der Waals surface area contributed by atoms with E-state index in [0.29, 0.717) is 17.2 Å². The van der Waals surface area contributed by atoms with Crippen LogP contribution in [0, 0.1) is 5.92 Å². The Labute approximate surface area is 189 Å². The normalized spacial score (nSPS) is 25.4. The molecule has 2 aromatic rings. The minimum Gasteiger partial charge on any atom is -0.493 e. The molecule has 0 aromatic heterocycles. The van der Waals surface area contributed by atoms with E-state index in [1.807, 2.05) is 12.1 Å². The fourth-order valence-corrected chi connectivity index (χ4v) is 6.27. The first-order valence-corrected chi connectivity index (χ1v) is 11.1. The number of hydrogen-bond donors (Lipinski definition) is 0. The zero-order chi connectivity index (χ0) is 23.0. The second-order valence-corrected chi connectivity index (χ2v) is 10.1. The molecule has 3 aliphatic rings. The van der Waals surface area contributed by atoms with Gasteiger partial charge in [-0.1, -0.05) is 0 Å². The van der Waals surface area contributed by atoms with Gasteiger partial charge in [0.15, 0.2) is 23.0 Å². The molecule has 32 heavy (non-hydrogen) atoms. The molecule has 0 unspecified atom stereocenters. The number of methoxy groups -OCH3 is 4. The Bertz CT molecular complexity index is 1090. The largest absolute Gasteiger partial charge is 0.493 e. The Balaban J connectivity index is 1.84. The van der Waals surface area contributed by atoms with E-state index in [4.69, 9.17) is 28.4 Å². The van der Waals surface area contributed by atoms with Crippen LogP contribution in [0.5, 0.6) is 34.5 Å². The fourth-order valence-electron chi connectivity index (χ4n) is 6.27. The van der Waals surface area contributed by atoms with Gasteiger partial charge in [0.2, 0.25) is 0 Å². The van der Waals surface area contributed by atoms with Gasteiger partial charge in [-0.25, -0.2) is 0 Å². The van der Waals surface area contributed by atoms with Gasteiger partial charge >= 0.3 is 0 Å². The van der Waals surface area contributed by atoms with Gasteiger partial charge in [0.1, 0.15) is 22.7 Å². The summed E-state index contributed by atoms with van der Waals surface area (Å²) in [4.78, 5) is 0. The van der Waals surface area contributed by atoms with Crippen molar-refractivity contribution < 1.29 is 28.4 Å².